The molecule has 3 aromatic rings. The zero-order valence-electron chi connectivity index (χ0n) is 14.4. The van der Waals surface area contributed by atoms with Crippen molar-refractivity contribution in [2.45, 2.75) is 12.4 Å². The summed E-state index contributed by atoms with van der Waals surface area (Å²) in [5.74, 6) is -0.332. The Morgan fingerprint density at radius 2 is 1.69 bits per heavy atom. The standard InChI is InChI=1S/C18H12F6N4O/c19-17(20,21)14-4-12(5-15(6-14)18(22,23)24)16-26-10-28(27-16)8-13(9-29)11-2-1-3-25-7-11/h1-8,10,29H,9H2/b13-8-. The number of hydrogen-bond donors (Lipinski definition) is 1. The molecule has 0 aliphatic carbocycles. The van der Waals surface area contributed by atoms with E-state index in [0.717, 1.165) is 11.0 Å². The van der Waals surface area contributed by atoms with Crippen LogP contribution in [0.15, 0.2) is 49.1 Å². The number of nitrogens with zero attached hydrogens (tertiary/aromatic N) is 4. The zero-order chi connectivity index (χ0) is 21.2. The topological polar surface area (TPSA) is 63.8 Å². The van der Waals surface area contributed by atoms with Gasteiger partial charge in [-0.3, -0.25) is 4.98 Å². The van der Waals surface area contributed by atoms with E-state index in [1.54, 1.807) is 12.1 Å². The van der Waals surface area contributed by atoms with Crippen LogP contribution >= 0.6 is 0 Å². The lowest BCUT2D eigenvalue weighted by atomic mass is 10.0. The minimum atomic E-state index is -4.97. The summed E-state index contributed by atoms with van der Waals surface area (Å²) >= 11 is 0. The molecule has 0 saturated heterocycles. The van der Waals surface area contributed by atoms with Crippen LogP contribution in [-0.4, -0.2) is 31.5 Å². The van der Waals surface area contributed by atoms with E-state index >= 15 is 0 Å². The SMILES string of the molecule is OC/C(=C/n1cnc(-c2cc(C(F)(F)F)cc(C(F)(F)F)c2)n1)c1cccnc1. The molecule has 0 saturated carbocycles. The van der Waals surface area contributed by atoms with E-state index in [1.165, 1.54) is 18.6 Å². The predicted molar refractivity (Wildman–Crippen MR) is 91.0 cm³/mol. The molecule has 29 heavy (non-hydrogen) atoms. The van der Waals surface area contributed by atoms with Crippen LogP contribution < -0.4 is 0 Å². The van der Waals surface area contributed by atoms with Crippen molar-refractivity contribution in [1.29, 1.82) is 0 Å². The van der Waals surface area contributed by atoms with Crippen molar-refractivity contribution in [3.8, 4) is 11.4 Å². The third-order valence-corrected chi connectivity index (χ3v) is 3.85. The first-order valence-corrected chi connectivity index (χ1v) is 8.01. The van der Waals surface area contributed by atoms with Crippen LogP contribution in [0.1, 0.15) is 16.7 Å². The van der Waals surface area contributed by atoms with Crippen molar-refractivity contribution in [3.05, 3.63) is 65.7 Å². The van der Waals surface area contributed by atoms with Gasteiger partial charge in [-0.1, -0.05) is 6.07 Å². The molecule has 0 spiro atoms. The molecule has 5 nitrogen and oxygen atoms in total. The first kappa shape index (κ1) is 20.5. The Kier molecular flexibility index (Phi) is 5.42. The molecule has 0 aliphatic heterocycles. The number of rotatable bonds is 4. The number of halogens is 6. The molecule has 2 aromatic heterocycles. The second-order valence-electron chi connectivity index (χ2n) is 5.90. The molecule has 0 radical (unpaired) electrons. The van der Waals surface area contributed by atoms with E-state index in [-0.39, 0.29) is 11.9 Å². The van der Waals surface area contributed by atoms with Crippen molar-refractivity contribution >= 4 is 11.8 Å². The van der Waals surface area contributed by atoms with Gasteiger partial charge in [0.05, 0.1) is 17.7 Å². The average molecular weight is 414 g/mol. The molecule has 0 unspecified atom stereocenters. The summed E-state index contributed by atoms with van der Waals surface area (Å²) in [5, 5.41) is 13.4. The first-order chi connectivity index (χ1) is 13.6. The lowest BCUT2D eigenvalue weighted by Crippen LogP contribution is -2.11. The van der Waals surface area contributed by atoms with E-state index in [2.05, 4.69) is 15.1 Å². The van der Waals surface area contributed by atoms with Crippen molar-refractivity contribution in [3.63, 3.8) is 0 Å². The molecule has 2 heterocycles. The van der Waals surface area contributed by atoms with Crippen molar-refractivity contribution in [2.75, 3.05) is 6.61 Å². The molecule has 3 rings (SSSR count). The number of alkyl halides is 6. The molecule has 0 aliphatic rings. The normalized spacial score (nSPS) is 13.0. The van der Waals surface area contributed by atoms with Crippen LogP contribution in [0.2, 0.25) is 0 Å². The van der Waals surface area contributed by atoms with Crippen LogP contribution in [0.5, 0.6) is 0 Å². The van der Waals surface area contributed by atoms with Gasteiger partial charge in [0.15, 0.2) is 5.82 Å². The maximum Gasteiger partial charge on any atom is 0.416 e. The highest BCUT2D eigenvalue weighted by Gasteiger charge is 2.37. The van der Waals surface area contributed by atoms with Gasteiger partial charge in [-0.15, -0.1) is 5.10 Å². The fraction of sp³-hybridized carbons (Fsp3) is 0.167. The number of aliphatic hydroxyl groups excluding tert-OH is 1. The Morgan fingerprint density at radius 3 is 2.21 bits per heavy atom. The van der Waals surface area contributed by atoms with Gasteiger partial charge >= 0.3 is 12.4 Å². The monoisotopic (exact) mass is 414 g/mol. The van der Waals surface area contributed by atoms with Crippen molar-refractivity contribution < 1.29 is 31.4 Å². The second-order valence-corrected chi connectivity index (χ2v) is 5.90. The maximum atomic E-state index is 13.0. The third kappa shape index (κ3) is 4.80. The van der Waals surface area contributed by atoms with Crippen molar-refractivity contribution in [2.24, 2.45) is 0 Å². The summed E-state index contributed by atoms with van der Waals surface area (Å²) in [7, 11) is 0. The molecular weight excluding hydrogens is 402 g/mol. The molecule has 0 bridgehead atoms. The summed E-state index contributed by atoms with van der Waals surface area (Å²) in [6, 6.07) is 4.42. The summed E-state index contributed by atoms with van der Waals surface area (Å²) in [4.78, 5) is 7.69. The number of benzene rings is 1. The molecule has 11 heteroatoms. The van der Waals surface area contributed by atoms with Gasteiger partial charge in [0.1, 0.15) is 6.33 Å². The van der Waals surface area contributed by atoms with Gasteiger partial charge in [-0.05, 0) is 29.8 Å². The molecule has 152 valence electrons. The smallest absolute Gasteiger partial charge is 0.392 e. The van der Waals surface area contributed by atoms with Crippen molar-refractivity contribution in [1.82, 2.24) is 19.7 Å². The molecule has 0 atom stereocenters. The van der Waals surface area contributed by atoms with E-state index in [0.29, 0.717) is 23.3 Å². The molecule has 0 fully saturated rings. The quantitative estimate of drug-likeness (QED) is 0.644. The van der Waals surface area contributed by atoms with Gasteiger partial charge in [0.2, 0.25) is 0 Å². The lowest BCUT2D eigenvalue weighted by Gasteiger charge is -2.13. The maximum absolute atomic E-state index is 13.0. The Bertz CT molecular complexity index is 993. The minimum absolute atomic E-state index is 0.0344. The summed E-state index contributed by atoms with van der Waals surface area (Å²) in [6.45, 7) is -0.400. The highest BCUT2D eigenvalue weighted by Crippen LogP contribution is 2.38. The van der Waals surface area contributed by atoms with E-state index in [4.69, 9.17) is 0 Å². The van der Waals surface area contributed by atoms with Crippen LogP contribution in [-0.2, 0) is 12.4 Å². The van der Waals surface area contributed by atoms with E-state index in [9.17, 15) is 31.4 Å². The molecule has 1 aromatic carbocycles. The average Bonchev–Trinajstić information content (AvgIpc) is 3.14. The van der Waals surface area contributed by atoms with Gasteiger partial charge < -0.3 is 5.11 Å². The van der Waals surface area contributed by atoms with Gasteiger partial charge in [-0.25, -0.2) is 9.67 Å². The largest absolute Gasteiger partial charge is 0.416 e. The Morgan fingerprint density at radius 1 is 1.03 bits per heavy atom. The summed E-state index contributed by atoms with van der Waals surface area (Å²) in [5.41, 5.74) is -2.42. The van der Waals surface area contributed by atoms with Gasteiger partial charge in [0, 0.05) is 29.7 Å². The first-order valence-electron chi connectivity index (χ1n) is 8.01. The van der Waals surface area contributed by atoms with Gasteiger partial charge in [0.25, 0.3) is 0 Å². The van der Waals surface area contributed by atoms with Crippen LogP contribution in [0.3, 0.4) is 0 Å². The Labute approximate surface area is 160 Å². The molecule has 0 amide bonds. The second kappa shape index (κ2) is 7.66. The number of pyridine rings is 1. The number of aromatic nitrogens is 4. The van der Waals surface area contributed by atoms with Crippen LogP contribution in [0, 0.1) is 0 Å². The van der Waals surface area contributed by atoms with Crippen LogP contribution in [0.4, 0.5) is 26.3 Å². The Balaban J connectivity index is 2.03. The summed E-state index contributed by atoms with van der Waals surface area (Å²) in [6.07, 6.45) is -4.49. The van der Waals surface area contributed by atoms with Crippen LogP contribution in [0.25, 0.3) is 23.2 Å². The fourth-order valence-corrected chi connectivity index (χ4v) is 2.47. The van der Waals surface area contributed by atoms with Gasteiger partial charge in [-0.2, -0.15) is 26.3 Å². The number of aliphatic hydroxyl groups is 1. The third-order valence-electron chi connectivity index (χ3n) is 3.85. The zero-order valence-corrected chi connectivity index (χ0v) is 14.4. The highest BCUT2D eigenvalue weighted by molar-refractivity contribution is 5.75. The predicted octanol–water partition coefficient (Wildman–Crippen LogP) is 4.37. The lowest BCUT2D eigenvalue weighted by molar-refractivity contribution is -0.143. The molecular formula is C18H12F6N4O. The summed E-state index contributed by atoms with van der Waals surface area (Å²) < 4.78 is 79.1. The number of hydrogen-bond acceptors (Lipinski definition) is 4. The minimum Gasteiger partial charge on any atom is -0.392 e. The van der Waals surface area contributed by atoms with E-state index in [1.807, 2.05) is 0 Å². The Hall–Kier alpha value is -3.21. The van der Waals surface area contributed by atoms with E-state index < -0.39 is 35.6 Å². The fourth-order valence-electron chi connectivity index (χ4n) is 2.47. The highest BCUT2D eigenvalue weighted by atomic mass is 19.4. The molecule has 1 N–H and O–H groups in total.